The van der Waals surface area contributed by atoms with Crippen molar-refractivity contribution in [2.75, 3.05) is 66.1 Å². The molecule has 200 valence electrons. The van der Waals surface area contributed by atoms with Gasteiger partial charge in [-0.2, -0.15) is 0 Å². The summed E-state index contributed by atoms with van der Waals surface area (Å²) in [7, 11) is 0. The average molecular weight is 495 g/mol. The number of carbonyl (C=O) groups is 1. The van der Waals surface area contributed by atoms with E-state index in [1.165, 1.54) is 50.5 Å². The summed E-state index contributed by atoms with van der Waals surface area (Å²) in [6.07, 6.45) is 11.6. The van der Waals surface area contributed by atoms with Crippen molar-refractivity contribution in [2.24, 2.45) is 0 Å². The number of rotatable bonds is 25. The third kappa shape index (κ3) is 20.0. The minimum Gasteiger partial charge on any atom is -0.491 e. The van der Waals surface area contributed by atoms with E-state index in [4.69, 9.17) is 28.4 Å². The van der Waals surface area contributed by atoms with Gasteiger partial charge in [-0.25, -0.2) is 4.79 Å². The fourth-order valence-corrected chi connectivity index (χ4v) is 3.28. The van der Waals surface area contributed by atoms with Gasteiger partial charge in [0.1, 0.15) is 19.0 Å². The molecule has 35 heavy (non-hydrogen) atoms. The Morgan fingerprint density at radius 3 is 1.71 bits per heavy atom. The summed E-state index contributed by atoms with van der Waals surface area (Å²) in [5, 5.41) is 0. The summed E-state index contributed by atoms with van der Waals surface area (Å²) in [6, 6.07) is 8.41. The Morgan fingerprint density at radius 2 is 1.17 bits per heavy atom. The number of hydrogen-bond acceptors (Lipinski definition) is 7. The molecular formula is C28H46O7. The van der Waals surface area contributed by atoms with E-state index in [1.54, 1.807) is 0 Å². The first-order valence-corrected chi connectivity index (χ1v) is 13.1. The van der Waals surface area contributed by atoms with Crippen LogP contribution in [0.1, 0.15) is 57.4 Å². The third-order valence-corrected chi connectivity index (χ3v) is 5.24. The number of carbonyl (C=O) groups excluding carboxylic acids is 1. The standard InChI is InChI=1S/C28H46O7/c1-3-5-6-7-8-9-10-11-26-12-14-27(15-13-26)34-24-22-32-20-18-30-16-17-31-19-21-33-23-25-35-28(29)4-2/h4,12-15H,2-3,5-11,16-25H2,1H3. The van der Waals surface area contributed by atoms with Gasteiger partial charge in [-0.3, -0.25) is 0 Å². The minimum atomic E-state index is -0.447. The Bertz CT molecular complexity index is 618. The van der Waals surface area contributed by atoms with Crippen LogP contribution >= 0.6 is 0 Å². The summed E-state index contributed by atoms with van der Waals surface area (Å²) in [5.41, 5.74) is 1.38. The van der Waals surface area contributed by atoms with Crippen molar-refractivity contribution < 1.29 is 33.2 Å². The SMILES string of the molecule is C=CC(=O)OCCOCCOCCOCCOCCOc1ccc(CCCCCCCCC)cc1. The zero-order valence-corrected chi connectivity index (χ0v) is 21.7. The molecule has 0 aliphatic rings. The maximum atomic E-state index is 10.8. The molecule has 1 aromatic rings. The first kappa shape index (κ1) is 31.1. The Kier molecular flexibility index (Phi) is 21.1. The molecule has 0 unspecified atom stereocenters. The van der Waals surface area contributed by atoms with E-state index in [2.05, 4.69) is 25.6 Å². The minimum absolute atomic E-state index is 0.213. The summed E-state index contributed by atoms with van der Waals surface area (Å²) in [6.45, 7) is 10.1. The third-order valence-electron chi connectivity index (χ3n) is 5.24. The summed E-state index contributed by atoms with van der Waals surface area (Å²) in [4.78, 5) is 10.8. The van der Waals surface area contributed by atoms with Gasteiger partial charge in [0.15, 0.2) is 0 Å². The first-order valence-electron chi connectivity index (χ1n) is 13.1. The lowest BCUT2D eigenvalue weighted by Gasteiger charge is -2.09. The number of benzene rings is 1. The van der Waals surface area contributed by atoms with E-state index in [9.17, 15) is 4.79 Å². The molecule has 0 aromatic heterocycles. The number of aryl methyl sites for hydroxylation is 1. The van der Waals surface area contributed by atoms with Crippen molar-refractivity contribution in [3.63, 3.8) is 0 Å². The fraction of sp³-hybridized carbons (Fsp3) is 0.679. The van der Waals surface area contributed by atoms with Crippen LogP contribution in [0.3, 0.4) is 0 Å². The summed E-state index contributed by atoms with van der Waals surface area (Å²) >= 11 is 0. The van der Waals surface area contributed by atoms with Gasteiger partial charge >= 0.3 is 5.97 Å². The molecule has 0 spiro atoms. The maximum Gasteiger partial charge on any atom is 0.330 e. The normalized spacial score (nSPS) is 10.9. The molecule has 0 atom stereocenters. The van der Waals surface area contributed by atoms with Crippen molar-refractivity contribution in [1.29, 1.82) is 0 Å². The molecule has 7 nitrogen and oxygen atoms in total. The van der Waals surface area contributed by atoms with Crippen LogP contribution in [-0.2, 0) is 34.9 Å². The van der Waals surface area contributed by atoms with Gasteiger partial charge in [0.05, 0.1) is 52.9 Å². The second kappa shape index (κ2) is 23.8. The summed E-state index contributed by atoms with van der Waals surface area (Å²) in [5.74, 6) is 0.435. The molecule has 1 rings (SSSR count). The predicted octanol–water partition coefficient (Wildman–Crippen LogP) is 5.15. The lowest BCUT2D eigenvalue weighted by molar-refractivity contribution is -0.139. The molecular weight excluding hydrogens is 448 g/mol. The van der Waals surface area contributed by atoms with Gasteiger partial charge in [0.2, 0.25) is 0 Å². The molecule has 0 saturated heterocycles. The molecule has 0 aliphatic heterocycles. The highest BCUT2D eigenvalue weighted by molar-refractivity contribution is 5.81. The molecule has 0 radical (unpaired) electrons. The zero-order chi connectivity index (χ0) is 25.2. The highest BCUT2D eigenvalue weighted by atomic mass is 16.6. The van der Waals surface area contributed by atoms with E-state index in [1.807, 2.05) is 12.1 Å². The maximum absolute atomic E-state index is 10.8. The van der Waals surface area contributed by atoms with Crippen molar-refractivity contribution >= 4 is 5.97 Å². The Balaban J connectivity index is 1.83. The van der Waals surface area contributed by atoms with Gasteiger partial charge in [0.25, 0.3) is 0 Å². The lowest BCUT2D eigenvalue weighted by Crippen LogP contribution is -2.14. The van der Waals surface area contributed by atoms with E-state index >= 15 is 0 Å². The molecule has 0 N–H and O–H groups in total. The average Bonchev–Trinajstić information content (AvgIpc) is 2.88. The Morgan fingerprint density at radius 1 is 0.686 bits per heavy atom. The van der Waals surface area contributed by atoms with Gasteiger partial charge in [0, 0.05) is 6.08 Å². The van der Waals surface area contributed by atoms with Crippen LogP contribution in [0.4, 0.5) is 0 Å². The molecule has 7 heteroatoms. The molecule has 0 bridgehead atoms. The fourth-order valence-electron chi connectivity index (χ4n) is 3.28. The van der Waals surface area contributed by atoms with Crippen molar-refractivity contribution in [3.05, 3.63) is 42.5 Å². The smallest absolute Gasteiger partial charge is 0.330 e. The van der Waals surface area contributed by atoms with Crippen molar-refractivity contribution in [3.8, 4) is 5.75 Å². The van der Waals surface area contributed by atoms with Crippen LogP contribution in [0.25, 0.3) is 0 Å². The number of esters is 1. The van der Waals surface area contributed by atoms with E-state index in [0.29, 0.717) is 59.5 Å². The van der Waals surface area contributed by atoms with Crippen LogP contribution in [0, 0.1) is 0 Å². The largest absolute Gasteiger partial charge is 0.491 e. The molecule has 0 heterocycles. The van der Waals surface area contributed by atoms with Crippen LogP contribution in [-0.4, -0.2) is 72.0 Å². The van der Waals surface area contributed by atoms with Crippen molar-refractivity contribution in [1.82, 2.24) is 0 Å². The van der Waals surface area contributed by atoms with E-state index in [0.717, 1.165) is 18.2 Å². The second-order valence-corrected chi connectivity index (χ2v) is 8.18. The van der Waals surface area contributed by atoms with Gasteiger partial charge < -0.3 is 28.4 Å². The Labute approximate surface area is 212 Å². The monoisotopic (exact) mass is 494 g/mol. The van der Waals surface area contributed by atoms with Crippen LogP contribution < -0.4 is 4.74 Å². The molecule has 0 aliphatic carbocycles. The molecule has 0 fully saturated rings. The van der Waals surface area contributed by atoms with Crippen LogP contribution in [0.15, 0.2) is 36.9 Å². The highest BCUT2D eigenvalue weighted by Gasteiger charge is 1.99. The zero-order valence-electron chi connectivity index (χ0n) is 21.7. The van der Waals surface area contributed by atoms with Gasteiger partial charge in [-0.1, -0.05) is 64.2 Å². The van der Waals surface area contributed by atoms with Crippen LogP contribution in [0.5, 0.6) is 5.75 Å². The van der Waals surface area contributed by atoms with E-state index < -0.39 is 5.97 Å². The first-order chi connectivity index (χ1) is 17.3. The van der Waals surface area contributed by atoms with E-state index in [-0.39, 0.29) is 6.61 Å². The second-order valence-electron chi connectivity index (χ2n) is 8.18. The topological polar surface area (TPSA) is 72.5 Å². The van der Waals surface area contributed by atoms with Crippen LogP contribution in [0.2, 0.25) is 0 Å². The van der Waals surface area contributed by atoms with Gasteiger partial charge in [-0.05, 0) is 30.5 Å². The molecule has 1 aromatic carbocycles. The molecule has 0 saturated carbocycles. The summed E-state index contributed by atoms with van der Waals surface area (Å²) < 4.78 is 32.2. The predicted molar refractivity (Wildman–Crippen MR) is 138 cm³/mol. The quantitative estimate of drug-likeness (QED) is 0.106. The molecule has 0 amide bonds. The van der Waals surface area contributed by atoms with Gasteiger partial charge in [-0.15, -0.1) is 0 Å². The number of unbranched alkanes of at least 4 members (excludes halogenated alkanes) is 6. The number of hydrogen-bond donors (Lipinski definition) is 0. The van der Waals surface area contributed by atoms with Crippen molar-refractivity contribution in [2.45, 2.75) is 58.3 Å². The number of ether oxygens (including phenoxy) is 6. The lowest BCUT2D eigenvalue weighted by atomic mass is 10.0. The Hall–Kier alpha value is -1.93. The highest BCUT2D eigenvalue weighted by Crippen LogP contribution is 2.15.